The van der Waals surface area contributed by atoms with Gasteiger partial charge in [-0.2, -0.15) is 4.99 Å². The van der Waals surface area contributed by atoms with E-state index in [1.165, 1.54) is 22.5 Å². The lowest BCUT2D eigenvalue weighted by atomic mass is 10.0. The SMILES string of the molecule is Cc1ccc2sc(=NC(=O)c3cc(-c4ccccc4)nc4ccccc34)n(C)c2c1C. The van der Waals surface area contributed by atoms with Crippen molar-refractivity contribution in [2.75, 3.05) is 0 Å². The zero-order valence-corrected chi connectivity index (χ0v) is 18.4. The lowest BCUT2D eigenvalue weighted by Crippen LogP contribution is -2.14. The van der Waals surface area contributed by atoms with Crippen molar-refractivity contribution >= 4 is 38.4 Å². The Balaban J connectivity index is 1.71. The summed E-state index contributed by atoms with van der Waals surface area (Å²) in [7, 11) is 1.97. The Hall–Kier alpha value is -3.57. The first-order valence-corrected chi connectivity index (χ1v) is 10.9. The van der Waals surface area contributed by atoms with E-state index in [1.54, 1.807) is 0 Å². The number of thiazole rings is 1. The molecule has 0 aliphatic carbocycles. The summed E-state index contributed by atoms with van der Waals surface area (Å²) in [6.45, 7) is 4.21. The standard InChI is InChI=1S/C26H21N3OS/c1-16-13-14-23-24(17(16)2)29(3)26(31-23)28-25(30)20-15-22(18-9-5-4-6-10-18)27-21-12-8-7-11-19(20)21/h4-15H,1-3H3. The molecule has 0 radical (unpaired) electrons. The highest BCUT2D eigenvalue weighted by atomic mass is 32.1. The lowest BCUT2D eigenvalue weighted by Gasteiger charge is -2.07. The van der Waals surface area contributed by atoms with E-state index in [2.05, 4.69) is 31.0 Å². The minimum Gasteiger partial charge on any atom is -0.319 e. The summed E-state index contributed by atoms with van der Waals surface area (Å²) in [5, 5.41) is 0.812. The molecular formula is C26H21N3OS. The molecule has 31 heavy (non-hydrogen) atoms. The molecule has 1 amide bonds. The van der Waals surface area contributed by atoms with E-state index in [4.69, 9.17) is 4.98 Å². The molecule has 0 unspecified atom stereocenters. The summed E-state index contributed by atoms with van der Waals surface area (Å²) in [4.78, 5) is 23.4. The molecular weight excluding hydrogens is 402 g/mol. The third kappa shape index (κ3) is 3.37. The number of hydrogen-bond donors (Lipinski definition) is 0. The minimum absolute atomic E-state index is 0.257. The second-order valence-electron chi connectivity index (χ2n) is 7.65. The van der Waals surface area contributed by atoms with Gasteiger partial charge in [-0.15, -0.1) is 0 Å². The van der Waals surface area contributed by atoms with Gasteiger partial charge in [-0.3, -0.25) is 4.79 Å². The zero-order valence-electron chi connectivity index (χ0n) is 17.6. The molecule has 0 saturated carbocycles. The molecule has 2 aromatic heterocycles. The fraction of sp³-hybridized carbons (Fsp3) is 0.115. The molecule has 0 atom stereocenters. The van der Waals surface area contributed by atoms with Gasteiger partial charge in [0.15, 0.2) is 4.80 Å². The van der Waals surface area contributed by atoms with Crippen LogP contribution in [-0.2, 0) is 7.05 Å². The Morgan fingerprint density at radius 2 is 1.71 bits per heavy atom. The van der Waals surface area contributed by atoms with Gasteiger partial charge in [0.25, 0.3) is 5.91 Å². The number of benzene rings is 3. The van der Waals surface area contributed by atoms with E-state index in [-0.39, 0.29) is 5.91 Å². The van der Waals surface area contributed by atoms with Crippen molar-refractivity contribution in [3.63, 3.8) is 0 Å². The molecule has 0 aliphatic rings. The zero-order chi connectivity index (χ0) is 21.5. The van der Waals surface area contributed by atoms with Crippen LogP contribution < -0.4 is 4.80 Å². The fourth-order valence-corrected chi connectivity index (χ4v) is 4.97. The van der Waals surface area contributed by atoms with Crippen molar-refractivity contribution in [3.8, 4) is 11.3 Å². The number of rotatable bonds is 2. The molecule has 0 spiro atoms. The molecule has 0 aliphatic heterocycles. The Labute approximate surface area is 184 Å². The summed E-state index contributed by atoms with van der Waals surface area (Å²) in [6.07, 6.45) is 0. The van der Waals surface area contributed by atoms with Crippen molar-refractivity contribution in [2.45, 2.75) is 13.8 Å². The second kappa shape index (κ2) is 7.60. The smallest absolute Gasteiger partial charge is 0.280 e. The monoisotopic (exact) mass is 423 g/mol. The van der Waals surface area contributed by atoms with Gasteiger partial charge in [-0.25, -0.2) is 4.98 Å². The molecule has 0 fully saturated rings. The first kappa shape index (κ1) is 19.4. The second-order valence-corrected chi connectivity index (χ2v) is 8.66. The normalized spacial score (nSPS) is 12.0. The largest absolute Gasteiger partial charge is 0.319 e. The first-order chi connectivity index (χ1) is 15.0. The number of amides is 1. The Kier molecular flexibility index (Phi) is 4.75. The van der Waals surface area contributed by atoms with Gasteiger partial charge in [0.2, 0.25) is 0 Å². The van der Waals surface area contributed by atoms with Crippen LogP contribution in [0.15, 0.2) is 77.8 Å². The highest BCUT2D eigenvalue weighted by Crippen LogP contribution is 2.26. The predicted molar refractivity (Wildman–Crippen MR) is 127 cm³/mol. The summed E-state index contributed by atoms with van der Waals surface area (Å²) >= 11 is 1.54. The van der Waals surface area contributed by atoms with Crippen molar-refractivity contribution < 1.29 is 4.79 Å². The third-order valence-electron chi connectivity index (χ3n) is 5.70. The number of para-hydroxylation sites is 1. The van der Waals surface area contributed by atoms with Crippen LogP contribution in [0.4, 0.5) is 0 Å². The molecule has 152 valence electrons. The summed E-state index contributed by atoms with van der Waals surface area (Å²) in [6, 6.07) is 23.7. The maximum atomic E-state index is 13.4. The Morgan fingerprint density at radius 3 is 2.52 bits per heavy atom. The van der Waals surface area contributed by atoms with Crippen molar-refractivity contribution in [3.05, 3.63) is 94.3 Å². The van der Waals surface area contributed by atoms with Gasteiger partial charge in [0.05, 0.1) is 27.0 Å². The predicted octanol–water partition coefficient (Wildman–Crippen LogP) is 5.81. The van der Waals surface area contributed by atoms with Crippen molar-refractivity contribution in [1.29, 1.82) is 0 Å². The number of aromatic nitrogens is 2. The Bertz CT molecular complexity index is 1530. The van der Waals surface area contributed by atoms with Crippen LogP contribution in [0.3, 0.4) is 0 Å². The van der Waals surface area contributed by atoms with Crippen LogP contribution in [0.5, 0.6) is 0 Å². The molecule has 0 bridgehead atoms. The van der Waals surface area contributed by atoms with E-state index in [0.29, 0.717) is 10.4 Å². The number of nitrogens with zero attached hydrogens (tertiary/aromatic N) is 3. The highest BCUT2D eigenvalue weighted by Gasteiger charge is 2.15. The molecule has 3 aromatic carbocycles. The number of pyridine rings is 1. The summed E-state index contributed by atoms with van der Waals surface area (Å²) < 4.78 is 3.14. The molecule has 5 aromatic rings. The van der Waals surface area contributed by atoms with Crippen LogP contribution in [0.1, 0.15) is 21.5 Å². The van der Waals surface area contributed by atoms with Crippen LogP contribution in [0.2, 0.25) is 0 Å². The Morgan fingerprint density at radius 1 is 0.968 bits per heavy atom. The van der Waals surface area contributed by atoms with Crippen molar-refractivity contribution in [1.82, 2.24) is 9.55 Å². The van der Waals surface area contributed by atoms with Crippen LogP contribution in [0, 0.1) is 13.8 Å². The summed E-state index contributed by atoms with van der Waals surface area (Å²) in [5.41, 5.74) is 6.66. The van der Waals surface area contributed by atoms with E-state index in [9.17, 15) is 4.79 Å². The van der Waals surface area contributed by atoms with Gasteiger partial charge >= 0.3 is 0 Å². The van der Waals surface area contributed by atoms with E-state index >= 15 is 0 Å². The number of hydrogen-bond acceptors (Lipinski definition) is 3. The average molecular weight is 424 g/mol. The number of fused-ring (bicyclic) bond motifs is 2. The van der Waals surface area contributed by atoms with E-state index in [1.807, 2.05) is 72.3 Å². The first-order valence-electron chi connectivity index (χ1n) is 10.1. The van der Waals surface area contributed by atoms with Gasteiger partial charge in [-0.05, 0) is 43.2 Å². The summed E-state index contributed by atoms with van der Waals surface area (Å²) in [5.74, 6) is -0.257. The molecule has 0 saturated heterocycles. The maximum absolute atomic E-state index is 13.4. The topological polar surface area (TPSA) is 47.2 Å². The lowest BCUT2D eigenvalue weighted by molar-refractivity contribution is 0.0999. The van der Waals surface area contributed by atoms with E-state index < -0.39 is 0 Å². The van der Waals surface area contributed by atoms with Crippen LogP contribution in [0.25, 0.3) is 32.4 Å². The average Bonchev–Trinajstić information content (AvgIpc) is 3.11. The number of carbonyl (C=O) groups is 1. The number of carbonyl (C=O) groups excluding carboxylic acids is 1. The fourth-order valence-electron chi connectivity index (χ4n) is 3.89. The molecule has 5 rings (SSSR count). The van der Waals surface area contributed by atoms with Gasteiger partial charge in [0, 0.05) is 18.0 Å². The van der Waals surface area contributed by atoms with Crippen LogP contribution >= 0.6 is 11.3 Å². The molecule has 0 N–H and O–H groups in total. The number of aryl methyl sites for hydroxylation is 3. The quantitative estimate of drug-likeness (QED) is 0.360. The van der Waals surface area contributed by atoms with Gasteiger partial charge < -0.3 is 4.57 Å². The molecule has 5 heteroatoms. The van der Waals surface area contributed by atoms with Crippen molar-refractivity contribution in [2.24, 2.45) is 12.0 Å². The highest BCUT2D eigenvalue weighted by molar-refractivity contribution is 7.16. The van der Waals surface area contributed by atoms with Gasteiger partial charge in [0.1, 0.15) is 0 Å². The van der Waals surface area contributed by atoms with E-state index in [0.717, 1.165) is 32.4 Å². The maximum Gasteiger partial charge on any atom is 0.280 e. The minimum atomic E-state index is -0.257. The molecule has 2 heterocycles. The van der Waals surface area contributed by atoms with Gasteiger partial charge in [-0.1, -0.05) is 65.9 Å². The van der Waals surface area contributed by atoms with Crippen LogP contribution in [-0.4, -0.2) is 15.5 Å². The molecule has 4 nitrogen and oxygen atoms in total. The third-order valence-corrected chi connectivity index (χ3v) is 6.80.